The molecule has 0 bridgehead atoms. The quantitative estimate of drug-likeness (QED) is 0.486. The van der Waals surface area contributed by atoms with Crippen molar-refractivity contribution in [2.45, 2.75) is 38.8 Å². The fourth-order valence-corrected chi connectivity index (χ4v) is 4.68. The van der Waals surface area contributed by atoms with Gasteiger partial charge in [0.25, 0.3) is 0 Å². The van der Waals surface area contributed by atoms with Crippen LogP contribution in [-0.4, -0.2) is 33.7 Å². The summed E-state index contributed by atoms with van der Waals surface area (Å²) < 4.78 is 5.76. The summed E-state index contributed by atoms with van der Waals surface area (Å²) in [6.45, 7) is 6.15. The van der Waals surface area contributed by atoms with E-state index in [0.717, 1.165) is 36.6 Å². The Labute approximate surface area is 177 Å². The molecule has 0 saturated carbocycles. The van der Waals surface area contributed by atoms with Crippen LogP contribution >= 0.6 is 0 Å². The van der Waals surface area contributed by atoms with Crippen LogP contribution in [0.1, 0.15) is 54.0 Å². The van der Waals surface area contributed by atoms with Crippen molar-refractivity contribution in [2.24, 2.45) is 0 Å². The predicted molar refractivity (Wildman–Crippen MR) is 120 cm³/mol. The number of nitrogens with one attached hydrogen (secondary N) is 2. The highest BCUT2D eigenvalue weighted by Crippen LogP contribution is 2.41. The summed E-state index contributed by atoms with van der Waals surface area (Å²) in [5.41, 5.74) is 7.35. The lowest BCUT2D eigenvalue weighted by atomic mass is 9.91. The van der Waals surface area contributed by atoms with Gasteiger partial charge in [0.1, 0.15) is 5.75 Å². The van der Waals surface area contributed by atoms with Crippen LogP contribution < -0.4 is 4.74 Å². The van der Waals surface area contributed by atoms with Crippen molar-refractivity contribution < 1.29 is 4.74 Å². The van der Waals surface area contributed by atoms with Crippen molar-refractivity contribution >= 4 is 10.9 Å². The number of ether oxygens (including phenoxy) is 1. The highest BCUT2D eigenvalue weighted by molar-refractivity contribution is 5.85. The third-order valence-electron chi connectivity index (χ3n) is 6.18. The van der Waals surface area contributed by atoms with Crippen LogP contribution in [0.25, 0.3) is 10.9 Å². The van der Waals surface area contributed by atoms with Gasteiger partial charge in [-0.3, -0.25) is 10.00 Å². The number of benzene rings is 2. The average Bonchev–Trinajstić information content (AvgIpc) is 3.38. The van der Waals surface area contributed by atoms with E-state index in [-0.39, 0.29) is 6.04 Å². The van der Waals surface area contributed by atoms with E-state index in [1.165, 1.54) is 27.7 Å². The summed E-state index contributed by atoms with van der Waals surface area (Å²) in [4.78, 5) is 6.25. The Morgan fingerprint density at radius 2 is 1.93 bits per heavy atom. The van der Waals surface area contributed by atoms with Crippen molar-refractivity contribution in [3.8, 4) is 5.75 Å². The van der Waals surface area contributed by atoms with Crippen molar-refractivity contribution in [1.82, 2.24) is 20.1 Å². The maximum Gasteiger partial charge on any atom is 0.124 e. The molecule has 5 rings (SSSR count). The predicted octanol–water partition coefficient (Wildman–Crippen LogP) is 5.17. The third kappa shape index (κ3) is 3.19. The first-order valence-corrected chi connectivity index (χ1v) is 10.7. The Hall–Kier alpha value is -3.05. The largest absolute Gasteiger partial charge is 0.496 e. The first-order chi connectivity index (χ1) is 14.7. The van der Waals surface area contributed by atoms with Gasteiger partial charge in [-0.25, -0.2) is 0 Å². The molecule has 1 aliphatic rings. The van der Waals surface area contributed by atoms with Crippen molar-refractivity contribution in [2.75, 3.05) is 13.7 Å². The molecule has 2 aromatic carbocycles. The molecule has 0 aliphatic carbocycles. The second-order valence-corrected chi connectivity index (χ2v) is 8.40. The standard InChI is InChI=1S/C25H28N4O/c1-16(2)22-14-17(27-28-22)15-29-13-12-19-18-8-4-6-10-21(18)26-24(19)25(29)20-9-5-7-11-23(20)30-3/h4-11,14,16,25-26H,12-13,15H2,1-3H3,(H,27,28). The molecule has 1 unspecified atom stereocenters. The molecule has 3 heterocycles. The average molecular weight is 401 g/mol. The number of aromatic nitrogens is 3. The molecule has 0 radical (unpaired) electrons. The molecule has 154 valence electrons. The number of methoxy groups -OCH3 is 1. The maximum absolute atomic E-state index is 5.76. The fourth-order valence-electron chi connectivity index (χ4n) is 4.68. The molecule has 5 heteroatoms. The van der Waals surface area contributed by atoms with Crippen LogP contribution in [0, 0.1) is 0 Å². The maximum atomic E-state index is 5.76. The van der Waals surface area contributed by atoms with Crippen LogP contribution in [0.5, 0.6) is 5.75 Å². The molecule has 0 saturated heterocycles. The number of aromatic amines is 2. The topological polar surface area (TPSA) is 56.9 Å². The van der Waals surface area contributed by atoms with Crippen molar-refractivity contribution in [3.63, 3.8) is 0 Å². The van der Waals surface area contributed by atoms with Crippen molar-refractivity contribution in [1.29, 1.82) is 0 Å². The van der Waals surface area contributed by atoms with Gasteiger partial charge in [-0.1, -0.05) is 50.2 Å². The van der Waals surface area contributed by atoms with Gasteiger partial charge in [0.2, 0.25) is 0 Å². The van der Waals surface area contributed by atoms with E-state index in [9.17, 15) is 0 Å². The van der Waals surface area contributed by atoms with E-state index in [1.54, 1.807) is 7.11 Å². The number of H-pyrrole nitrogens is 2. The Morgan fingerprint density at radius 1 is 1.13 bits per heavy atom. The molecule has 1 aliphatic heterocycles. The second kappa shape index (κ2) is 7.65. The van der Waals surface area contributed by atoms with E-state index < -0.39 is 0 Å². The SMILES string of the molecule is COc1ccccc1C1c2[nH]c3ccccc3c2CCN1Cc1cc(C(C)C)n[nH]1. The summed E-state index contributed by atoms with van der Waals surface area (Å²) >= 11 is 0. The smallest absolute Gasteiger partial charge is 0.124 e. The minimum Gasteiger partial charge on any atom is -0.496 e. The van der Waals surface area contributed by atoms with E-state index in [0.29, 0.717) is 5.92 Å². The zero-order chi connectivity index (χ0) is 20.7. The fraction of sp³-hybridized carbons (Fsp3) is 0.320. The molecule has 0 spiro atoms. The molecule has 5 nitrogen and oxygen atoms in total. The van der Waals surface area contributed by atoms with Gasteiger partial charge >= 0.3 is 0 Å². The molecule has 0 fully saturated rings. The Kier molecular flexibility index (Phi) is 4.83. The van der Waals surface area contributed by atoms with E-state index in [4.69, 9.17) is 4.74 Å². The van der Waals surface area contributed by atoms with Crippen LogP contribution in [0.15, 0.2) is 54.6 Å². The number of hydrogen-bond donors (Lipinski definition) is 2. The van der Waals surface area contributed by atoms with Gasteiger partial charge < -0.3 is 9.72 Å². The number of nitrogens with zero attached hydrogens (tertiary/aromatic N) is 2. The summed E-state index contributed by atoms with van der Waals surface area (Å²) in [6, 6.07) is 19.3. The Bertz CT molecular complexity index is 1170. The van der Waals surface area contributed by atoms with Gasteiger partial charge in [0.15, 0.2) is 0 Å². The van der Waals surface area contributed by atoms with Crippen LogP contribution in [0.3, 0.4) is 0 Å². The second-order valence-electron chi connectivity index (χ2n) is 8.40. The number of rotatable bonds is 5. The monoisotopic (exact) mass is 400 g/mol. The summed E-state index contributed by atoms with van der Waals surface area (Å²) in [5, 5.41) is 9.09. The molecule has 2 aromatic heterocycles. The van der Waals surface area contributed by atoms with Gasteiger partial charge in [0, 0.05) is 40.9 Å². The third-order valence-corrected chi connectivity index (χ3v) is 6.18. The number of hydrogen-bond acceptors (Lipinski definition) is 3. The van der Waals surface area contributed by atoms with Crippen LogP contribution in [0.4, 0.5) is 0 Å². The minimum absolute atomic E-state index is 0.100. The lowest BCUT2D eigenvalue weighted by molar-refractivity contribution is 0.196. The van der Waals surface area contributed by atoms with Gasteiger partial charge in [-0.05, 0) is 36.1 Å². The molecule has 1 atom stereocenters. The van der Waals surface area contributed by atoms with Gasteiger partial charge in [0.05, 0.1) is 18.8 Å². The molecule has 2 N–H and O–H groups in total. The molecular formula is C25H28N4O. The first kappa shape index (κ1) is 18.9. The van der Waals surface area contributed by atoms with E-state index >= 15 is 0 Å². The van der Waals surface area contributed by atoms with Crippen LogP contribution in [0.2, 0.25) is 0 Å². The Morgan fingerprint density at radius 3 is 2.73 bits per heavy atom. The summed E-state index contributed by atoms with van der Waals surface area (Å²) in [5.74, 6) is 1.34. The normalized spacial score (nSPS) is 16.9. The first-order valence-electron chi connectivity index (χ1n) is 10.7. The minimum atomic E-state index is 0.100. The summed E-state index contributed by atoms with van der Waals surface area (Å²) in [6.07, 6.45) is 1.02. The van der Waals surface area contributed by atoms with E-state index in [2.05, 4.69) is 82.5 Å². The molecular weight excluding hydrogens is 372 g/mol. The zero-order valence-electron chi connectivity index (χ0n) is 17.8. The highest BCUT2D eigenvalue weighted by Gasteiger charge is 2.33. The zero-order valence-corrected chi connectivity index (χ0v) is 17.8. The molecule has 0 amide bonds. The highest BCUT2D eigenvalue weighted by atomic mass is 16.5. The lowest BCUT2D eigenvalue weighted by Crippen LogP contribution is -2.36. The number of para-hydroxylation sites is 2. The Balaban J connectivity index is 1.61. The van der Waals surface area contributed by atoms with Gasteiger partial charge in [-0.15, -0.1) is 0 Å². The lowest BCUT2D eigenvalue weighted by Gasteiger charge is -2.36. The van der Waals surface area contributed by atoms with E-state index in [1.807, 2.05) is 6.07 Å². The number of fused-ring (bicyclic) bond motifs is 3. The summed E-state index contributed by atoms with van der Waals surface area (Å²) in [7, 11) is 1.75. The van der Waals surface area contributed by atoms with Crippen molar-refractivity contribution in [3.05, 3.63) is 82.8 Å². The molecule has 30 heavy (non-hydrogen) atoms. The van der Waals surface area contributed by atoms with Gasteiger partial charge in [-0.2, -0.15) is 5.10 Å². The molecule has 4 aromatic rings. The van der Waals surface area contributed by atoms with Crippen LogP contribution in [-0.2, 0) is 13.0 Å².